The minimum atomic E-state index is -0.714. The molecule has 1 rings (SSSR count). The zero-order chi connectivity index (χ0) is 11.6. The van der Waals surface area contributed by atoms with Gasteiger partial charge >= 0.3 is 5.97 Å². The lowest BCUT2D eigenvalue weighted by Gasteiger charge is -2.44. The Kier molecular flexibility index (Phi) is 3.77. The topological polar surface area (TPSA) is 63.3 Å². The summed E-state index contributed by atoms with van der Waals surface area (Å²) in [4.78, 5) is 10.9. The Bertz CT molecular complexity index is 228. The van der Waals surface area contributed by atoms with Crippen molar-refractivity contribution >= 4 is 5.97 Å². The van der Waals surface area contributed by atoms with Crippen molar-refractivity contribution in [3.05, 3.63) is 0 Å². The van der Waals surface area contributed by atoms with Crippen molar-refractivity contribution in [2.75, 3.05) is 0 Å². The van der Waals surface area contributed by atoms with Gasteiger partial charge < -0.3 is 10.8 Å². The van der Waals surface area contributed by atoms with Crippen LogP contribution in [0, 0.1) is 17.3 Å². The standard InChI is InChI=1S/C12H23NO2/c1-8-4-9(2)6-12(5-8,10(3)13)7-11(14)15/h8-10H,4-7,13H2,1-3H3,(H,14,15). The van der Waals surface area contributed by atoms with E-state index in [2.05, 4.69) is 13.8 Å². The minimum absolute atomic E-state index is 0.0289. The fraction of sp³-hybridized carbons (Fsp3) is 0.917. The van der Waals surface area contributed by atoms with Gasteiger partial charge in [-0.15, -0.1) is 0 Å². The lowest BCUT2D eigenvalue weighted by Crippen LogP contribution is -2.46. The molecule has 15 heavy (non-hydrogen) atoms. The second-order valence-electron chi connectivity index (χ2n) is 5.58. The van der Waals surface area contributed by atoms with Crippen LogP contribution in [0.4, 0.5) is 0 Å². The predicted octanol–water partition coefficient (Wildman–Crippen LogP) is 2.25. The Hall–Kier alpha value is -0.570. The molecule has 0 aromatic carbocycles. The Balaban J connectivity index is 2.84. The summed E-state index contributed by atoms with van der Waals surface area (Å²) in [6, 6.07) is -0.0289. The Morgan fingerprint density at radius 1 is 1.47 bits per heavy atom. The number of aliphatic carboxylic acids is 1. The number of rotatable bonds is 3. The van der Waals surface area contributed by atoms with Crippen LogP contribution in [0.5, 0.6) is 0 Å². The van der Waals surface area contributed by atoms with Gasteiger partial charge in [0, 0.05) is 6.04 Å². The first-order valence-corrected chi connectivity index (χ1v) is 5.83. The van der Waals surface area contributed by atoms with Gasteiger partial charge in [-0.25, -0.2) is 0 Å². The maximum atomic E-state index is 10.9. The average molecular weight is 213 g/mol. The Morgan fingerprint density at radius 2 is 1.93 bits per heavy atom. The SMILES string of the molecule is CC1CC(C)CC(CC(=O)O)(C(C)N)C1. The lowest BCUT2D eigenvalue weighted by atomic mass is 9.61. The molecular weight excluding hydrogens is 190 g/mol. The molecule has 3 atom stereocenters. The molecule has 3 nitrogen and oxygen atoms in total. The average Bonchev–Trinajstić information content (AvgIpc) is 1.99. The highest BCUT2D eigenvalue weighted by Gasteiger charge is 2.42. The summed E-state index contributed by atoms with van der Waals surface area (Å²) in [5, 5.41) is 9.00. The van der Waals surface area contributed by atoms with E-state index in [4.69, 9.17) is 10.8 Å². The maximum Gasteiger partial charge on any atom is 0.303 e. The summed E-state index contributed by atoms with van der Waals surface area (Å²) in [5.74, 6) is 0.479. The molecule has 0 aromatic rings. The van der Waals surface area contributed by atoms with E-state index in [1.54, 1.807) is 0 Å². The van der Waals surface area contributed by atoms with Crippen molar-refractivity contribution in [2.24, 2.45) is 23.0 Å². The fourth-order valence-corrected chi connectivity index (χ4v) is 3.30. The third-order valence-corrected chi connectivity index (χ3v) is 3.78. The number of hydrogen-bond donors (Lipinski definition) is 2. The molecule has 3 N–H and O–H groups in total. The first-order valence-electron chi connectivity index (χ1n) is 5.83. The van der Waals surface area contributed by atoms with Crippen molar-refractivity contribution in [2.45, 2.75) is 52.5 Å². The van der Waals surface area contributed by atoms with Gasteiger partial charge in [0.15, 0.2) is 0 Å². The highest BCUT2D eigenvalue weighted by Crippen LogP contribution is 2.46. The van der Waals surface area contributed by atoms with Crippen LogP contribution in [0.25, 0.3) is 0 Å². The molecule has 0 saturated heterocycles. The van der Waals surface area contributed by atoms with Crippen LogP contribution >= 0.6 is 0 Å². The first kappa shape index (κ1) is 12.5. The van der Waals surface area contributed by atoms with Gasteiger partial charge in [0.1, 0.15) is 0 Å². The second kappa shape index (κ2) is 4.52. The normalized spacial score (nSPS) is 38.7. The zero-order valence-corrected chi connectivity index (χ0v) is 9.99. The molecule has 1 aliphatic carbocycles. The molecule has 3 heteroatoms. The third-order valence-electron chi connectivity index (χ3n) is 3.78. The quantitative estimate of drug-likeness (QED) is 0.755. The number of carboxylic acid groups (broad SMARTS) is 1. The number of carbonyl (C=O) groups is 1. The molecule has 3 unspecified atom stereocenters. The summed E-state index contributed by atoms with van der Waals surface area (Å²) in [6.45, 7) is 6.36. The van der Waals surface area contributed by atoms with E-state index in [-0.39, 0.29) is 17.9 Å². The molecule has 0 amide bonds. The van der Waals surface area contributed by atoms with E-state index in [0.717, 1.165) is 12.8 Å². The maximum absolute atomic E-state index is 10.9. The van der Waals surface area contributed by atoms with Gasteiger partial charge in [-0.3, -0.25) is 4.79 Å². The van der Waals surface area contributed by atoms with Gasteiger partial charge in [0.25, 0.3) is 0 Å². The fourth-order valence-electron chi connectivity index (χ4n) is 3.30. The number of carboxylic acids is 1. The van der Waals surface area contributed by atoms with Gasteiger partial charge in [-0.1, -0.05) is 13.8 Å². The lowest BCUT2D eigenvalue weighted by molar-refractivity contribution is -0.141. The molecule has 1 aliphatic rings. The van der Waals surface area contributed by atoms with Crippen molar-refractivity contribution in [1.29, 1.82) is 0 Å². The van der Waals surface area contributed by atoms with Gasteiger partial charge in [0.2, 0.25) is 0 Å². The molecule has 0 spiro atoms. The summed E-state index contributed by atoms with van der Waals surface area (Å²) < 4.78 is 0. The van der Waals surface area contributed by atoms with Crippen molar-refractivity contribution in [1.82, 2.24) is 0 Å². The predicted molar refractivity (Wildman–Crippen MR) is 60.5 cm³/mol. The number of hydrogen-bond acceptors (Lipinski definition) is 2. The minimum Gasteiger partial charge on any atom is -0.481 e. The Labute approximate surface area is 92.0 Å². The third kappa shape index (κ3) is 2.94. The van der Waals surface area contributed by atoms with Crippen molar-refractivity contribution in [3.63, 3.8) is 0 Å². The van der Waals surface area contributed by atoms with Gasteiger partial charge in [-0.05, 0) is 43.4 Å². The highest BCUT2D eigenvalue weighted by molar-refractivity contribution is 5.67. The van der Waals surface area contributed by atoms with Crippen LogP contribution in [-0.4, -0.2) is 17.1 Å². The van der Waals surface area contributed by atoms with E-state index < -0.39 is 5.97 Å². The van der Waals surface area contributed by atoms with E-state index in [1.807, 2.05) is 6.92 Å². The van der Waals surface area contributed by atoms with Crippen LogP contribution in [0.1, 0.15) is 46.5 Å². The van der Waals surface area contributed by atoms with E-state index in [1.165, 1.54) is 6.42 Å². The van der Waals surface area contributed by atoms with Crippen LogP contribution < -0.4 is 5.73 Å². The molecule has 88 valence electrons. The molecule has 0 heterocycles. The van der Waals surface area contributed by atoms with E-state index >= 15 is 0 Å². The van der Waals surface area contributed by atoms with Crippen molar-refractivity contribution < 1.29 is 9.90 Å². The van der Waals surface area contributed by atoms with E-state index in [9.17, 15) is 4.79 Å². The molecule has 0 aromatic heterocycles. The molecular formula is C12H23NO2. The van der Waals surface area contributed by atoms with Crippen LogP contribution in [0.15, 0.2) is 0 Å². The first-order chi connectivity index (χ1) is 6.85. The zero-order valence-electron chi connectivity index (χ0n) is 9.99. The van der Waals surface area contributed by atoms with Gasteiger partial charge in [0.05, 0.1) is 6.42 Å². The summed E-state index contributed by atoms with van der Waals surface area (Å²) in [5.41, 5.74) is 5.83. The van der Waals surface area contributed by atoms with Crippen LogP contribution in [0.2, 0.25) is 0 Å². The largest absolute Gasteiger partial charge is 0.481 e. The summed E-state index contributed by atoms with van der Waals surface area (Å²) in [7, 11) is 0. The molecule has 0 bridgehead atoms. The molecule has 1 fully saturated rings. The highest BCUT2D eigenvalue weighted by atomic mass is 16.4. The summed E-state index contributed by atoms with van der Waals surface area (Å²) in [6.07, 6.45) is 3.34. The number of nitrogens with two attached hydrogens (primary N) is 1. The molecule has 1 saturated carbocycles. The second-order valence-corrected chi connectivity index (χ2v) is 5.58. The van der Waals surface area contributed by atoms with Gasteiger partial charge in [-0.2, -0.15) is 0 Å². The summed E-state index contributed by atoms with van der Waals surface area (Å²) >= 11 is 0. The Morgan fingerprint density at radius 3 is 2.27 bits per heavy atom. The smallest absolute Gasteiger partial charge is 0.303 e. The molecule has 0 radical (unpaired) electrons. The monoisotopic (exact) mass is 213 g/mol. The van der Waals surface area contributed by atoms with Crippen molar-refractivity contribution in [3.8, 4) is 0 Å². The molecule has 0 aliphatic heterocycles. The van der Waals surface area contributed by atoms with Crippen LogP contribution in [0.3, 0.4) is 0 Å². The van der Waals surface area contributed by atoms with Crippen LogP contribution in [-0.2, 0) is 4.79 Å². The van der Waals surface area contributed by atoms with E-state index in [0.29, 0.717) is 11.8 Å².